The van der Waals surface area contributed by atoms with E-state index in [2.05, 4.69) is 60.7 Å². The number of hydrogen-bond donors (Lipinski definition) is 0. The predicted molar refractivity (Wildman–Crippen MR) is 89.8 cm³/mol. The Morgan fingerprint density at radius 1 is 0.727 bits per heavy atom. The first-order valence-corrected chi connectivity index (χ1v) is 8.82. The minimum absolute atomic E-state index is 0.397. The van der Waals surface area contributed by atoms with Gasteiger partial charge in [-0.15, -0.1) is 11.8 Å². The number of hydrogen-bond acceptors (Lipinski definition) is 3. The van der Waals surface area contributed by atoms with E-state index in [4.69, 9.17) is 9.47 Å². The average Bonchev–Trinajstić information content (AvgIpc) is 3.03. The molecule has 114 valence electrons. The van der Waals surface area contributed by atoms with Crippen LogP contribution in [0, 0.1) is 0 Å². The van der Waals surface area contributed by atoms with Crippen LogP contribution in [-0.2, 0) is 9.47 Å². The molecule has 0 bridgehead atoms. The van der Waals surface area contributed by atoms with Crippen LogP contribution in [0.5, 0.6) is 0 Å². The van der Waals surface area contributed by atoms with E-state index in [1.54, 1.807) is 0 Å². The second-order valence-corrected chi connectivity index (χ2v) is 7.36. The molecule has 2 nitrogen and oxygen atoms in total. The van der Waals surface area contributed by atoms with Crippen molar-refractivity contribution in [2.45, 2.75) is 29.1 Å². The molecule has 0 aliphatic carbocycles. The Morgan fingerprint density at radius 3 is 1.64 bits per heavy atom. The molecule has 2 saturated heterocycles. The summed E-state index contributed by atoms with van der Waals surface area (Å²) in [5.41, 5.74) is 2.73. The van der Waals surface area contributed by atoms with Crippen LogP contribution in [0.25, 0.3) is 0 Å². The van der Waals surface area contributed by atoms with Crippen LogP contribution in [0.2, 0.25) is 0 Å². The molecular weight excluding hydrogens is 292 g/mol. The summed E-state index contributed by atoms with van der Waals surface area (Å²) in [6.45, 7) is 1.43. The first-order valence-electron chi connectivity index (χ1n) is 7.88. The second-order valence-electron chi connectivity index (χ2n) is 5.95. The van der Waals surface area contributed by atoms with Gasteiger partial charge in [0.2, 0.25) is 0 Å². The molecule has 4 rings (SSSR count). The maximum atomic E-state index is 6.05. The van der Waals surface area contributed by atoms with Gasteiger partial charge in [-0.05, 0) is 11.1 Å². The van der Waals surface area contributed by atoms with Gasteiger partial charge in [-0.3, -0.25) is 0 Å². The van der Waals surface area contributed by atoms with Gasteiger partial charge in [-0.1, -0.05) is 60.7 Å². The van der Waals surface area contributed by atoms with Crippen LogP contribution < -0.4 is 0 Å². The Balaban J connectivity index is 1.65. The van der Waals surface area contributed by atoms with Crippen LogP contribution in [0.4, 0.5) is 0 Å². The molecule has 22 heavy (non-hydrogen) atoms. The van der Waals surface area contributed by atoms with Crippen molar-refractivity contribution >= 4 is 11.8 Å². The monoisotopic (exact) mass is 312 g/mol. The molecule has 2 unspecified atom stereocenters. The highest BCUT2D eigenvalue weighted by molar-refractivity contribution is 7.99. The summed E-state index contributed by atoms with van der Waals surface area (Å²) in [7, 11) is 0. The fourth-order valence-electron chi connectivity index (χ4n) is 3.40. The van der Waals surface area contributed by atoms with Crippen molar-refractivity contribution in [3.05, 3.63) is 71.8 Å². The van der Waals surface area contributed by atoms with Gasteiger partial charge in [0.15, 0.2) is 5.79 Å². The molecule has 1 spiro atoms. The largest absolute Gasteiger partial charge is 0.347 e. The zero-order valence-electron chi connectivity index (χ0n) is 12.5. The zero-order valence-corrected chi connectivity index (χ0v) is 13.3. The highest BCUT2D eigenvalue weighted by Gasteiger charge is 2.46. The maximum Gasteiger partial charge on any atom is 0.171 e. The molecule has 2 aliphatic heterocycles. The van der Waals surface area contributed by atoms with Crippen LogP contribution in [0.15, 0.2) is 60.7 Å². The van der Waals surface area contributed by atoms with Crippen LogP contribution in [0.1, 0.15) is 34.5 Å². The molecule has 0 N–H and O–H groups in total. The summed E-state index contributed by atoms with van der Waals surface area (Å²) in [6, 6.07) is 21.5. The van der Waals surface area contributed by atoms with Gasteiger partial charge in [-0.25, -0.2) is 0 Å². The third-order valence-corrected chi connectivity index (χ3v) is 6.01. The topological polar surface area (TPSA) is 18.5 Å². The van der Waals surface area contributed by atoms with Crippen LogP contribution in [0.3, 0.4) is 0 Å². The Morgan fingerprint density at radius 2 is 1.18 bits per heavy atom. The number of thioether (sulfide) groups is 1. The Hall–Kier alpha value is -1.29. The van der Waals surface area contributed by atoms with Crippen LogP contribution >= 0.6 is 11.8 Å². The van der Waals surface area contributed by atoms with Gasteiger partial charge in [-0.2, -0.15) is 0 Å². The Bertz CT molecular complexity index is 558. The highest BCUT2D eigenvalue weighted by atomic mass is 32.2. The summed E-state index contributed by atoms with van der Waals surface area (Å²) in [5, 5.41) is 0.830. The van der Waals surface area contributed by atoms with E-state index >= 15 is 0 Å². The molecule has 0 aromatic heterocycles. The van der Waals surface area contributed by atoms with Gasteiger partial charge in [0, 0.05) is 23.3 Å². The lowest BCUT2D eigenvalue weighted by Gasteiger charge is -2.40. The fourth-order valence-corrected chi connectivity index (χ4v) is 5.13. The standard InChI is InChI=1S/C19H20O2S/c1-3-7-15(8-4-1)17-13-19(20-11-12-21-19)14-18(22-17)16-9-5-2-6-10-16/h1-10,17-18H,11-14H2. The lowest BCUT2D eigenvalue weighted by molar-refractivity contribution is -0.169. The van der Waals surface area contributed by atoms with Crippen molar-refractivity contribution in [2.75, 3.05) is 13.2 Å². The third kappa shape index (κ3) is 2.81. The number of benzene rings is 2. The van der Waals surface area contributed by atoms with Crippen molar-refractivity contribution in [1.29, 1.82) is 0 Å². The lowest BCUT2D eigenvalue weighted by atomic mass is 9.96. The van der Waals surface area contributed by atoms with E-state index < -0.39 is 5.79 Å². The molecule has 2 aliphatic rings. The summed E-state index contributed by atoms with van der Waals surface area (Å²) < 4.78 is 12.1. The Labute approximate surface area is 135 Å². The first-order chi connectivity index (χ1) is 10.8. The van der Waals surface area contributed by atoms with Crippen molar-refractivity contribution in [1.82, 2.24) is 0 Å². The maximum absolute atomic E-state index is 6.05. The van der Waals surface area contributed by atoms with Crippen molar-refractivity contribution in [2.24, 2.45) is 0 Å². The molecule has 2 aromatic carbocycles. The van der Waals surface area contributed by atoms with Gasteiger partial charge in [0.05, 0.1) is 13.2 Å². The van der Waals surface area contributed by atoms with Gasteiger partial charge >= 0.3 is 0 Å². The van der Waals surface area contributed by atoms with Gasteiger partial charge in [0.1, 0.15) is 0 Å². The summed E-state index contributed by atoms with van der Waals surface area (Å²) in [4.78, 5) is 0. The van der Waals surface area contributed by atoms with E-state index in [0.717, 1.165) is 12.8 Å². The molecule has 0 radical (unpaired) electrons. The van der Waals surface area contributed by atoms with E-state index in [0.29, 0.717) is 23.7 Å². The molecule has 2 heterocycles. The Kier molecular flexibility index (Phi) is 3.95. The van der Waals surface area contributed by atoms with Gasteiger partial charge < -0.3 is 9.47 Å². The van der Waals surface area contributed by atoms with Crippen LogP contribution in [-0.4, -0.2) is 19.0 Å². The van der Waals surface area contributed by atoms with E-state index in [-0.39, 0.29) is 0 Å². The zero-order chi connectivity index (χ0) is 14.8. The van der Waals surface area contributed by atoms with Crippen molar-refractivity contribution < 1.29 is 9.47 Å². The molecule has 0 saturated carbocycles. The minimum Gasteiger partial charge on any atom is -0.347 e. The second kappa shape index (κ2) is 6.07. The highest BCUT2D eigenvalue weighted by Crippen LogP contribution is 2.55. The molecule has 2 atom stereocenters. The minimum atomic E-state index is -0.397. The summed E-state index contributed by atoms with van der Waals surface area (Å²) in [6.07, 6.45) is 1.87. The lowest BCUT2D eigenvalue weighted by Crippen LogP contribution is -2.36. The molecule has 2 fully saturated rings. The van der Waals surface area contributed by atoms with Gasteiger partial charge in [0.25, 0.3) is 0 Å². The SMILES string of the molecule is c1ccc(C2CC3(CC(c4ccccc4)S2)OCCO3)cc1. The van der Waals surface area contributed by atoms with E-state index in [9.17, 15) is 0 Å². The summed E-state index contributed by atoms with van der Waals surface area (Å²) >= 11 is 2.04. The third-order valence-electron chi connectivity index (χ3n) is 4.48. The fraction of sp³-hybridized carbons (Fsp3) is 0.368. The predicted octanol–water partition coefficient (Wildman–Crippen LogP) is 4.74. The molecule has 0 amide bonds. The van der Waals surface area contributed by atoms with E-state index in [1.807, 2.05) is 11.8 Å². The van der Waals surface area contributed by atoms with E-state index in [1.165, 1.54) is 11.1 Å². The smallest absolute Gasteiger partial charge is 0.171 e. The molecule has 2 aromatic rings. The average molecular weight is 312 g/mol. The van der Waals surface area contributed by atoms with Crippen molar-refractivity contribution in [3.8, 4) is 0 Å². The first kappa shape index (κ1) is 14.3. The number of ether oxygens (including phenoxy) is 2. The summed E-state index contributed by atoms with van der Waals surface area (Å²) in [5.74, 6) is -0.397. The molecular formula is C19H20O2S. The normalized spacial score (nSPS) is 27.1. The quantitative estimate of drug-likeness (QED) is 0.798. The van der Waals surface area contributed by atoms with Crippen molar-refractivity contribution in [3.63, 3.8) is 0 Å². The molecule has 3 heteroatoms. The number of rotatable bonds is 2.